The average Bonchev–Trinajstić information content (AvgIpc) is 2.67. The van der Waals surface area contributed by atoms with Gasteiger partial charge in [-0.25, -0.2) is 0 Å². The molecule has 1 atom stereocenters. The first kappa shape index (κ1) is 19.7. The highest BCUT2D eigenvalue weighted by Gasteiger charge is 2.33. The fourth-order valence-electron chi connectivity index (χ4n) is 3.91. The fourth-order valence-corrected chi connectivity index (χ4v) is 3.91. The molecular weight excluding hydrogens is 336 g/mol. The molecule has 0 unspecified atom stereocenters. The molecule has 0 radical (unpaired) electrons. The molecule has 0 amide bonds. The van der Waals surface area contributed by atoms with Crippen LogP contribution in [-0.2, 0) is 6.61 Å². The Morgan fingerprint density at radius 3 is 2.33 bits per heavy atom. The quantitative estimate of drug-likeness (QED) is 0.826. The summed E-state index contributed by atoms with van der Waals surface area (Å²) >= 11 is 0. The summed E-state index contributed by atoms with van der Waals surface area (Å²) in [6.45, 7) is 11.7. The maximum absolute atomic E-state index is 6.03. The van der Waals surface area contributed by atoms with Gasteiger partial charge in [0, 0.05) is 32.2 Å². The van der Waals surface area contributed by atoms with Crippen molar-refractivity contribution in [2.75, 3.05) is 33.3 Å². The Labute approximate surface area is 163 Å². The van der Waals surface area contributed by atoms with Crippen LogP contribution in [0.2, 0.25) is 0 Å². The summed E-state index contributed by atoms with van der Waals surface area (Å²) < 4.78 is 11.7. The molecule has 4 nitrogen and oxygen atoms in total. The predicted molar refractivity (Wildman–Crippen MR) is 110 cm³/mol. The van der Waals surface area contributed by atoms with E-state index < -0.39 is 0 Å². The van der Waals surface area contributed by atoms with E-state index in [1.807, 2.05) is 18.2 Å². The molecule has 0 aliphatic carbocycles. The average molecular weight is 369 g/mol. The van der Waals surface area contributed by atoms with Gasteiger partial charge in [-0.3, -0.25) is 4.90 Å². The van der Waals surface area contributed by atoms with Gasteiger partial charge in [-0.15, -0.1) is 0 Å². The molecule has 0 aromatic heterocycles. The first-order valence-electron chi connectivity index (χ1n) is 9.78. The Morgan fingerprint density at radius 1 is 1.00 bits per heavy atom. The predicted octanol–water partition coefficient (Wildman–Crippen LogP) is 4.27. The molecule has 1 saturated heterocycles. The highest BCUT2D eigenvalue weighted by Crippen LogP contribution is 2.41. The molecule has 27 heavy (non-hydrogen) atoms. The van der Waals surface area contributed by atoms with Crippen molar-refractivity contribution >= 4 is 0 Å². The third-order valence-electron chi connectivity index (χ3n) is 5.08. The van der Waals surface area contributed by atoms with Crippen molar-refractivity contribution in [3.8, 4) is 11.5 Å². The van der Waals surface area contributed by atoms with Gasteiger partial charge in [0.1, 0.15) is 6.61 Å². The maximum atomic E-state index is 6.03. The normalized spacial score (nSPS) is 16.7. The van der Waals surface area contributed by atoms with Gasteiger partial charge >= 0.3 is 0 Å². The van der Waals surface area contributed by atoms with Crippen LogP contribution in [0.25, 0.3) is 0 Å². The topological polar surface area (TPSA) is 33.7 Å². The van der Waals surface area contributed by atoms with E-state index in [1.165, 1.54) is 5.56 Å². The molecule has 146 valence electrons. The molecule has 0 saturated carbocycles. The van der Waals surface area contributed by atoms with E-state index in [1.54, 1.807) is 7.11 Å². The Bertz CT molecular complexity index is 719. The van der Waals surface area contributed by atoms with Crippen molar-refractivity contribution < 1.29 is 9.47 Å². The van der Waals surface area contributed by atoms with Crippen molar-refractivity contribution in [1.29, 1.82) is 0 Å². The standard InChI is InChI=1S/C23H32N2O2/c1-23(2,3)22(25-14-12-24-13-15-25)19-10-11-20(21(16-19)26-4)27-17-18-8-6-5-7-9-18/h5-11,16,22,24H,12-15,17H2,1-4H3/t22-/m0/s1. The number of benzene rings is 2. The van der Waals surface area contributed by atoms with Crippen molar-refractivity contribution in [2.45, 2.75) is 33.4 Å². The third kappa shape index (κ3) is 5.02. The minimum absolute atomic E-state index is 0.134. The van der Waals surface area contributed by atoms with Gasteiger partial charge < -0.3 is 14.8 Å². The van der Waals surface area contributed by atoms with Crippen LogP contribution in [0.1, 0.15) is 37.9 Å². The Balaban J connectivity index is 1.82. The molecule has 1 aliphatic heterocycles. The minimum Gasteiger partial charge on any atom is -0.493 e. The van der Waals surface area contributed by atoms with E-state index in [0.717, 1.165) is 43.2 Å². The summed E-state index contributed by atoms with van der Waals surface area (Å²) in [4.78, 5) is 2.58. The molecular formula is C23H32N2O2. The van der Waals surface area contributed by atoms with Gasteiger partial charge in [-0.05, 0) is 28.7 Å². The molecule has 0 spiro atoms. The highest BCUT2D eigenvalue weighted by molar-refractivity contribution is 5.44. The number of methoxy groups -OCH3 is 1. The second kappa shape index (κ2) is 8.77. The zero-order chi connectivity index (χ0) is 19.3. The Hall–Kier alpha value is -2.04. The Kier molecular flexibility index (Phi) is 6.40. The zero-order valence-electron chi connectivity index (χ0n) is 17.0. The van der Waals surface area contributed by atoms with Crippen LogP contribution < -0.4 is 14.8 Å². The van der Waals surface area contributed by atoms with E-state index in [-0.39, 0.29) is 5.41 Å². The van der Waals surface area contributed by atoms with Crippen molar-refractivity contribution in [3.63, 3.8) is 0 Å². The largest absolute Gasteiger partial charge is 0.493 e. The van der Waals surface area contributed by atoms with Crippen molar-refractivity contribution in [1.82, 2.24) is 10.2 Å². The van der Waals surface area contributed by atoms with Crippen LogP contribution in [0.3, 0.4) is 0 Å². The summed E-state index contributed by atoms with van der Waals surface area (Å²) in [5, 5.41) is 3.45. The summed E-state index contributed by atoms with van der Waals surface area (Å²) in [7, 11) is 1.71. The first-order chi connectivity index (χ1) is 13.0. The SMILES string of the molecule is COc1cc([C@H](N2CCNCC2)C(C)(C)C)ccc1OCc1ccccc1. The van der Waals surface area contributed by atoms with E-state index in [4.69, 9.17) is 9.47 Å². The summed E-state index contributed by atoms with van der Waals surface area (Å²) in [6.07, 6.45) is 0. The van der Waals surface area contributed by atoms with E-state index in [0.29, 0.717) is 12.6 Å². The smallest absolute Gasteiger partial charge is 0.161 e. The number of ether oxygens (including phenoxy) is 2. The van der Waals surface area contributed by atoms with Crippen LogP contribution in [0.5, 0.6) is 11.5 Å². The molecule has 1 heterocycles. The summed E-state index contributed by atoms with van der Waals surface area (Å²) in [5.74, 6) is 1.59. The molecule has 1 fully saturated rings. The van der Waals surface area contributed by atoms with Crippen LogP contribution in [0, 0.1) is 5.41 Å². The van der Waals surface area contributed by atoms with Gasteiger partial charge in [0.2, 0.25) is 0 Å². The van der Waals surface area contributed by atoms with E-state index >= 15 is 0 Å². The van der Waals surface area contributed by atoms with Gasteiger partial charge in [-0.1, -0.05) is 57.2 Å². The van der Waals surface area contributed by atoms with Gasteiger partial charge in [0.05, 0.1) is 7.11 Å². The Morgan fingerprint density at radius 2 is 1.70 bits per heavy atom. The van der Waals surface area contributed by atoms with Gasteiger partial charge in [-0.2, -0.15) is 0 Å². The van der Waals surface area contributed by atoms with Crippen molar-refractivity contribution in [3.05, 3.63) is 59.7 Å². The lowest BCUT2D eigenvalue weighted by molar-refractivity contribution is 0.0860. The lowest BCUT2D eigenvalue weighted by Crippen LogP contribution is -2.48. The number of hydrogen-bond acceptors (Lipinski definition) is 4. The van der Waals surface area contributed by atoms with Crippen molar-refractivity contribution in [2.24, 2.45) is 5.41 Å². The second-order valence-electron chi connectivity index (χ2n) is 8.24. The molecule has 0 bridgehead atoms. The lowest BCUT2D eigenvalue weighted by atomic mass is 9.81. The van der Waals surface area contributed by atoms with Crippen LogP contribution in [0.4, 0.5) is 0 Å². The van der Waals surface area contributed by atoms with Crippen LogP contribution in [0.15, 0.2) is 48.5 Å². The number of rotatable bonds is 6. The molecule has 1 N–H and O–H groups in total. The first-order valence-corrected chi connectivity index (χ1v) is 9.78. The number of piperazine rings is 1. The number of nitrogens with one attached hydrogen (secondary N) is 1. The monoisotopic (exact) mass is 368 g/mol. The minimum atomic E-state index is 0.134. The van der Waals surface area contributed by atoms with E-state index in [9.17, 15) is 0 Å². The molecule has 1 aliphatic rings. The fraction of sp³-hybridized carbons (Fsp3) is 0.478. The zero-order valence-corrected chi connectivity index (χ0v) is 17.0. The summed E-state index contributed by atoms with van der Waals surface area (Å²) in [6, 6.07) is 17.0. The number of nitrogens with zero attached hydrogens (tertiary/aromatic N) is 1. The van der Waals surface area contributed by atoms with E-state index in [2.05, 4.69) is 61.3 Å². The summed E-state index contributed by atoms with van der Waals surface area (Å²) in [5.41, 5.74) is 2.57. The second-order valence-corrected chi connectivity index (χ2v) is 8.24. The lowest BCUT2D eigenvalue weighted by Gasteiger charge is -2.42. The molecule has 3 rings (SSSR count). The number of hydrogen-bond donors (Lipinski definition) is 1. The van der Waals surface area contributed by atoms with Crippen LogP contribution >= 0.6 is 0 Å². The van der Waals surface area contributed by atoms with Gasteiger partial charge in [0.25, 0.3) is 0 Å². The highest BCUT2D eigenvalue weighted by atomic mass is 16.5. The van der Waals surface area contributed by atoms with Gasteiger partial charge in [0.15, 0.2) is 11.5 Å². The van der Waals surface area contributed by atoms with Crippen LogP contribution in [-0.4, -0.2) is 38.2 Å². The molecule has 4 heteroatoms. The molecule has 2 aromatic rings. The maximum Gasteiger partial charge on any atom is 0.161 e. The molecule has 2 aromatic carbocycles. The third-order valence-corrected chi connectivity index (χ3v) is 5.08.